The third kappa shape index (κ3) is 3.19. The van der Waals surface area contributed by atoms with Crippen LogP contribution in [0, 0.1) is 0 Å². The van der Waals surface area contributed by atoms with Crippen LogP contribution in [-0.4, -0.2) is 45.5 Å². The van der Waals surface area contributed by atoms with E-state index < -0.39 is 0 Å². The van der Waals surface area contributed by atoms with Crippen LogP contribution in [0.2, 0.25) is 0 Å². The molecule has 0 bridgehead atoms. The summed E-state index contributed by atoms with van der Waals surface area (Å²) in [6.07, 6.45) is 8.50. The largest absolute Gasteiger partial charge is 0.368 e. The molecule has 0 radical (unpaired) electrons. The number of hydrogen-bond acceptors (Lipinski definition) is 5. The van der Waals surface area contributed by atoms with E-state index in [2.05, 4.69) is 15.0 Å². The van der Waals surface area contributed by atoms with E-state index in [-0.39, 0.29) is 23.1 Å². The number of aromatic nitrogens is 3. The number of rotatable bonds is 2. The van der Waals surface area contributed by atoms with Gasteiger partial charge >= 0.3 is 0 Å². The van der Waals surface area contributed by atoms with E-state index in [1.165, 1.54) is 0 Å². The fraction of sp³-hybridized carbons (Fsp3) is 0.444. The monoisotopic (exact) mass is 340 g/mol. The summed E-state index contributed by atoms with van der Waals surface area (Å²) in [4.78, 5) is 38.1. The number of amides is 1. The Hall–Kier alpha value is -2.54. The molecule has 0 saturated carbocycles. The number of hydrogen-bond donors (Lipinski definition) is 1. The maximum Gasteiger partial charge on any atom is 0.261 e. The average Bonchev–Trinajstić information content (AvgIpc) is 2.68. The van der Waals surface area contributed by atoms with Crippen molar-refractivity contribution in [3.63, 3.8) is 0 Å². The zero-order chi connectivity index (χ0) is 17.2. The zero-order valence-electron chi connectivity index (χ0n) is 13.9. The van der Waals surface area contributed by atoms with Crippen LogP contribution in [0.1, 0.15) is 46.3 Å². The lowest BCUT2D eigenvalue weighted by molar-refractivity contribution is -0.0249. The number of carbonyl (C=O) groups excluding carboxylic acids is 1. The first-order valence-electron chi connectivity index (χ1n) is 8.64. The Morgan fingerprint density at radius 3 is 3.00 bits per heavy atom. The van der Waals surface area contributed by atoms with E-state index in [1.807, 2.05) is 0 Å². The van der Waals surface area contributed by atoms with Gasteiger partial charge in [-0.25, -0.2) is 0 Å². The van der Waals surface area contributed by atoms with Gasteiger partial charge in [-0.3, -0.25) is 19.6 Å². The van der Waals surface area contributed by atoms with Crippen LogP contribution < -0.4 is 5.56 Å². The van der Waals surface area contributed by atoms with E-state index >= 15 is 0 Å². The third-order valence-corrected chi connectivity index (χ3v) is 4.84. The Kier molecular flexibility index (Phi) is 4.31. The van der Waals surface area contributed by atoms with Crippen molar-refractivity contribution < 1.29 is 9.53 Å². The number of carbonyl (C=O) groups is 1. The van der Waals surface area contributed by atoms with Crippen LogP contribution in [0.25, 0.3) is 0 Å². The highest BCUT2D eigenvalue weighted by Crippen LogP contribution is 2.22. The molecule has 1 unspecified atom stereocenters. The van der Waals surface area contributed by atoms with Gasteiger partial charge in [-0.2, -0.15) is 0 Å². The summed E-state index contributed by atoms with van der Waals surface area (Å²) in [6, 6.07) is 1.78. The predicted octanol–water partition coefficient (Wildman–Crippen LogP) is 1.26. The fourth-order valence-corrected chi connectivity index (χ4v) is 3.49. The second-order valence-electron chi connectivity index (χ2n) is 6.46. The van der Waals surface area contributed by atoms with Gasteiger partial charge < -0.3 is 14.6 Å². The maximum absolute atomic E-state index is 12.9. The molecule has 1 aliphatic heterocycles. The number of nitrogens with zero attached hydrogens (tertiary/aromatic N) is 3. The normalized spacial score (nSPS) is 20.2. The summed E-state index contributed by atoms with van der Waals surface area (Å²) in [5, 5.41) is 0. The van der Waals surface area contributed by atoms with Crippen molar-refractivity contribution in [2.45, 2.75) is 31.8 Å². The highest BCUT2D eigenvalue weighted by Gasteiger charge is 2.29. The third-order valence-electron chi connectivity index (χ3n) is 4.84. The quantitative estimate of drug-likeness (QED) is 0.889. The van der Waals surface area contributed by atoms with Gasteiger partial charge in [0.25, 0.3) is 11.5 Å². The number of H-pyrrole nitrogens is 1. The fourth-order valence-electron chi connectivity index (χ4n) is 3.49. The molecule has 7 nitrogen and oxygen atoms in total. The summed E-state index contributed by atoms with van der Waals surface area (Å²) in [6.45, 7) is 1.25. The smallest absolute Gasteiger partial charge is 0.261 e. The van der Waals surface area contributed by atoms with E-state index in [9.17, 15) is 9.59 Å². The number of fused-ring (bicyclic) bond motifs is 1. The first-order chi connectivity index (χ1) is 12.2. The number of morpholine rings is 1. The Labute approximate surface area is 145 Å². The number of aryl methyl sites for hydroxylation is 2. The molecule has 2 aromatic rings. The van der Waals surface area contributed by atoms with E-state index in [1.54, 1.807) is 29.6 Å². The molecular formula is C18H20N4O3. The molecule has 1 aliphatic carbocycles. The van der Waals surface area contributed by atoms with E-state index in [0.717, 1.165) is 36.9 Å². The molecule has 3 heterocycles. The van der Waals surface area contributed by atoms with E-state index in [0.29, 0.717) is 25.4 Å². The Bertz CT molecular complexity index is 834. The second kappa shape index (κ2) is 6.76. The molecule has 2 aromatic heterocycles. The minimum absolute atomic E-state index is 0.223. The first kappa shape index (κ1) is 16.0. The summed E-state index contributed by atoms with van der Waals surface area (Å²) < 4.78 is 5.72. The highest BCUT2D eigenvalue weighted by atomic mass is 16.5. The maximum atomic E-state index is 12.9. The molecule has 4 rings (SSSR count). The standard InChI is InChI=1S/C18H20N4O3/c23-17-13(9-12-3-1-2-4-14(12)21-17)18(24)22-7-8-25-16(11-22)15-10-19-5-6-20-15/h5-6,9-10,16H,1-4,7-8,11H2,(H,21,23). The second-order valence-corrected chi connectivity index (χ2v) is 6.46. The van der Waals surface area contributed by atoms with E-state index in [4.69, 9.17) is 4.74 Å². The molecule has 130 valence electrons. The van der Waals surface area contributed by atoms with Crippen molar-refractivity contribution in [3.8, 4) is 0 Å². The van der Waals surface area contributed by atoms with Crippen LogP contribution in [-0.2, 0) is 17.6 Å². The average molecular weight is 340 g/mol. The van der Waals surface area contributed by atoms with Gasteiger partial charge in [0.15, 0.2) is 0 Å². The molecule has 1 saturated heterocycles. The molecule has 1 N–H and O–H groups in total. The SMILES string of the molecule is O=C(c1cc2c([nH]c1=O)CCCC2)N1CCOC(c2cnccn2)C1. The molecule has 0 spiro atoms. The minimum atomic E-state index is -0.317. The Morgan fingerprint density at radius 2 is 2.16 bits per heavy atom. The van der Waals surface area contributed by atoms with Gasteiger partial charge in [0.1, 0.15) is 11.7 Å². The molecule has 0 aromatic carbocycles. The molecule has 2 aliphatic rings. The molecule has 1 fully saturated rings. The molecule has 7 heteroatoms. The highest BCUT2D eigenvalue weighted by molar-refractivity contribution is 5.94. The van der Waals surface area contributed by atoms with Crippen molar-refractivity contribution in [1.82, 2.24) is 19.9 Å². The van der Waals surface area contributed by atoms with Gasteiger partial charge in [0.05, 0.1) is 25.0 Å². The van der Waals surface area contributed by atoms with Crippen LogP contribution in [0.3, 0.4) is 0 Å². The van der Waals surface area contributed by atoms with Gasteiger partial charge in [-0.1, -0.05) is 0 Å². The lowest BCUT2D eigenvalue weighted by atomic mass is 9.95. The number of ether oxygens (including phenoxy) is 1. The molecule has 1 atom stereocenters. The van der Waals surface area contributed by atoms with Gasteiger partial charge in [-0.05, 0) is 37.3 Å². The van der Waals surface area contributed by atoms with Crippen molar-refractivity contribution >= 4 is 5.91 Å². The summed E-state index contributed by atoms with van der Waals surface area (Å²) >= 11 is 0. The van der Waals surface area contributed by atoms with Crippen LogP contribution >= 0.6 is 0 Å². The topological polar surface area (TPSA) is 88.2 Å². The van der Waals surface area contributed by atoms with Gasteiger partial charge in [-0.15, -0.1) is 0 Å². The zero-order valence-corrected chi connectivity index (χ0v) is 13.9. The van der Waals surface area contributed by atoms with Crippen LogP contribution in [0.15, 0.2) is 29.5 Å². The van der Waals surface area contributed by atoms with Crippen LogP contribution in [0.5, 0.6) is 0 Å². The number of aromatic amines is 1. The lowest BCUT2D eigenvalue weighted by Crippen LogP contribution is -2.44. The molecule has 25 heavy (non-hydrogen) atoms. The van der Waals surface area contributed by atoms with Gasteiger partial charge in [0, 0.05) is 24.6 Å². The van der Waals surface area contributed by atoms with Gasteiger partial charge in [0.2, 0.25) is 0 Å². The summed E-state index contributed by atoms with van der Waals surface area (Å²) in [5.74, 6) is -0.244. The molecular weight excluding hydrogens is 320 g/mol. The van der Waals surface area contributed by atoms with Crippen molar-refractivity contribution in [1.29, 1.82) is 0 Å². The van der Waals surface area contributed by atoms with Crippen LogP contribution in [0.4, 0.5) is 0 Å². The summed E-state index contributed by atoms with van der Waals surface area (Å²) in [7, 11) is 0. The van der Waals surface area contributed by atoms with Crippen molar-refractivity contribution in [2.75, 3.05) is 19.7 Å². The Balaban J connectivity index is 1.57. The number of pyridine rings is 1. The predicted molar refractivity (Wildman–Crippen MR) is 90.3 cm³/mol. The Morgan fingerprint density at radius 1 is 1.28 bits per heavy atom. The molecule has 1 amide bonds. The first-order valence-corrected chi connectivity index (χ1v) is 8.64. The number of nitrogens with one attached hydrogen (secondary N) is 1. The van der Waals surface area contributed by atoms with Crippen molar-refractivity contribution in [2.24, 2.45) is 0 Å². The van der Waals surface area contributed by atoms with Crippen molar-refractivity contribution in [3.05, 3.63) is 57.5 Å². The summed E-state index contributed by atoms with van der Waals surface area (Å²) in [5.41, 5.74) is 2.69. The minimum Gasteiger partial charge on any atom is -0.368 e. The lowest BCUT2D eigenvalue weighted by Gasteiger charge is -2.32.